The fraction of sp³-hybridized carbons (Fsp3) is 0.385. The molecule has 0 radical (unpaired) electrons. The normalized spacial score (nSPS) is 18.2. The zero-order valence-electron chi connectivity index (χ0n) is 20.8. The van der Waals surface area contributed by atoms with Gasteiger partial charge in [-0.05, 0) is 29.8 Å². The van der Waals surface area contributed by atoms with Crippen LogP contribution in [0.5, 0.6) is 0 Å². The number of morpholine rings is 2. The van der Waals surface area contributed by atoms with E-state index >= 15 is 0 Å². The number of nitrogens with two attached hydrogens (primary N) is 2. The Hall–Kier alpha value is -3.22. The molecule has 2 aromatic heterocycles. The van der Waals surface area contributed by atoms with Crippen molar-refractivity contribution in [2.45, 2.75) is 6.04 Å². The molecule has 1 unspecified atom stereocenters. The number of pyridine rings is 1. The van der Waals surface area contributed by atoms with Crippen LogP contribution in [-0.4, -0.2) is 86.2 Å². The highest BCUT2D eigenvalue weighted by molar-refractivity contribution is 7.19. The Kier molecular flexibility index (Phi) is 9.31. The summed E-state index contributed by atoms with van der Waals surface area (Å²) in [6.07, 6.45) is 7.06. The van der Waals surface area contributed by atoms with Crippen molar-refractivity contribution in [3.63, 3.8) is 0 Å². The number of carbonyl (C=O) groups excluding carboxylic acids is 1. The van der Waals surface area contributed by atoms with Crippen LogP contribution in [0, 0.1) is 0 Å². The molecule has 0 bridgehead atoms. The number of rotatable bonds is 10. The maximum atomic E-state index is 12.1. The Bertz CT molecular complexity index is 1130. The second-order valence-corrected chi connectivity index (χ2v) is 9.80. The van der Waals surface area contributed by atoms with Gasteiger partial charge >= 0.3 is 0 Å². The van der Waals surface area contributed by atoms with Gasteiger partial charge < -0.3 is 36.3 Å². The van der Waals surface area contributed by atoms with Gasteiger partial charge in [-0.1, -0.05) is 18.7 Å². The maximum Gasteiger partial charge on any atom is 0.251 e. The highest BCUT2D eigenvalue weighted by Gasteiger charge is 2.21. The molecule has 11 heteroatoms. The Morgan fingerprint density at radius 1 is 1.19 bits per heavy atom. The number of anilines is 2. The van der Waals surface area contributed by atoms with E-state index in [1.54, 1.807) is 24.4 Å². The minimum Gasteiger partial charge on any atom is -0.394 e. The number of primary amides is 1. The summed E-state index contributed by atoms with van der Waals surface area (Å²) in [6.45, 7) is 9.87. The number of hydrogen-bond acceptors (Lipinski definition) is 10. The maximum absolute atomic E-state index is 12.1. The molecule has 2 aliphatic rings. The number of carbonyl (C=O) groups is 1. The van der Waals surface area contributed by atoms with Crippen LogP contribution in [0.3, 0.4) is 0 Å². The van der Waals surface area contributed by atoms with Gasteiger partial charge in [-0.25, -0.2) is 4.98 Å². The predicted octanol–water partition coefficient (Wildman–Crippen LogP) is 1.76. The van der Waals surface area contributed by atoms with E-state index in [2.05, 4.69) is 26.7 Å². The molecule has 0 aromatic carbocycles. The Morgan fingerprint density at radius 2 is 1.89 bits per heavy atom. The first-order valence-electron chi connectivity index (χ1n) is 12.2. The van der Waals surface area contributed by atoms with Crippen molar-refractivity contribution in [2.24, 2.45) is 11.5 Å². The van der Waals surface area contributed by atoms with Crippen LogP contribution in [0.15, 0.2) is 60.6 Å². The summed E-state index contributed by atoms with van der Waals surface area (Å²) in [6, 6.07) is 5.53. The number of aliphatic hydroxyl groups excluding tert-OH is 1. The first-order valence-corrected chi connectivity index (χ1v) is 13.0. The number of aliphatic hydroxyl groups is 1. The summed E-state index contributed by atoms with van der Waals surface area (Å²) in [5.74, 6) is 0.693. The zero-order valence-corrected chi connectivity index (χ0v) is 21.6. The Balaban J connectivity index is 1.43. The van der Waals surface area contributed by atoms with E-state index in [-0.39, 0.29) is 12.6 Å². The minimum absolute atomic E-state index is 0.0250. The lowest BCUT2D eigenvalue weighted by Gasteiger charge is -2.33. The number of ether oxygens (including phenoxy) is 2. The van der Waals surface area contributed by atoms with Crippen LogP contribution in [-0.2, 0) is 9.47 Å². The van der Waals surface area contributed by atoms with Crippen molar-refractivity contribution < 1.29 is 19.4 Å². The standard InChI is InChI=1S/C26H34N6O4S/c1-18(21(17-33)31-7-11-35-12-8-31)3-2-4-23(27)30-26-20(25(28)34)15-22(37-26)19-5-6-24(29-16-19)32-9-13-36-14-10-32/h2-6,15-16,21,30,33H,1,7-14,17,27H2,(H2,28,34)/b3-2-,23-4+. The lowest BCUT2D eigenvalue weighted by molar-refractivity contribution is 0.0129. The van der Waals surface area contributed by atoms with E-state index in [0.29, 0.717) is 42.8 Å². The fourth-order valence-electron chi connectivity index (χ4n) is 4.24. The van der Waals surface area contributed by atoms with Crippen molar-refractivity contribution in [3.05, 3.63) is 66.2 Å². The molecule has 4 heterocycles. The number of aromatic nitrogens is 1. The molecular weight excluding hydrogens is 492 g/mol. The number of allylic oxidation sites excluding steroid dienone is 2. The summed E-state index contributed by atoms with van der Waals surface area (Å²) < 4.78 is 10.8. The van der Waals surface area contributed by atoms with E-state index in [1.165, 1.54) is 11.3 Å². The molecule has 10 nitrogen and oxygen atoms in total. The Morgan fingerprint density at radius 3 is 2.51 bits per heavy atom. The highest BCUT2D eigenvalue weighted by atomic mass is 32.1. The molecular formula is C26H34N6O4S. The number of hydrogen-bond donors (Lipinski definition) is 4. The van der Waals surface area contributed by atoms with Crippen LogP contribution in [0.2, 0.25) is 0 Å². The molecule has 2 aromatic rings. The Labute approximate surface area is 220 Å². The molecule has 6 N–H and O–H groups in total. The van der Waals surface area contributed by atoms with Gasteiger partial charge in [0, 0.05) is 42.8 Å². The van der Waals surface area contributed by atoms with Crippen LogP contribution in [0.25, 0.3) is 10.4 Å². The summed E-state index contributed by atoms with van der Waals surface area (Å²) in [7, 11) is 0. The topological polar surface area (TPSA) is 139 Å². The van der Waals surface area contributed by atoms with Crippen molar-refractivity contribution >= 4 is 28.1 Å². The van der Waals surface area contributed by atoms with Crippen molar-refractivity contribution in [1.82, 2.24) is 9.88 Å². The summed E-state index contributed by atoms with van der Waals surface area (Å²) in [5.41, 5.74) is 13.8. The summed E-state index contributed by atoms with van der Waals surface area (Å²) in [5, 5.41) is 13.5. The minimum atomic E-state index is -0.545. The largest absolute Gasteiger partial charge is 0.394 e. The molecule has 1 amide bonds. The monoisotopic (exact) mass is 526 g/mol. The third-order valence-corrected chi connectivity index (χ3v) is 7.40. The average Bonchev–Trinajstić information content (AvgIpc) is 3.34. The van der Waals surface area contributed by atoms with Gasteiger partial charge in [-0.3, -0.25) is 9.69 Å². The van der Waals surface area contributed by atoms with E-state index in [1.807, 2.05) is 18.2 Å². The summed E-state index contributed by atoms with van der Waals surface area (Å²) >= 11 is 1.38. The van der Waals surface area contributed by atoms with Gasteiger partial charge in [0.25, 0.3) is 5.91 Å². The number of thiophene rings is 1. The molecule has 37 heavy (non-hydrogen) atoms. The molecule has 2 aliphatic heterocycles. The van der Waals surface area contributed by atoms with Crippen LogP contribution < -0.4 is 21.7 Å². The number of amides is 1. The number of nitrogens with zero attached hydrogens (tertiary/aromatic N) is 3. The third-order valence-electron chi connectivity index (χ3n) is 6.30. The van der Waals surface area contributed by atoms with E-state index in [4.69, 9.17) is 20.9 Å². The van der Waals surface area contributed by atoms with Crippen molar-refractivity contribution in [1.29, 1.82) is 0 Å². The molecule has 1 atom stereocenters. The SMILES string of the molecule is C=C(/C=C\C=C(/N)Nc1sc(-c2ccc(N3CCOCC3)nc2)cc1C(N)=O)C(CO)N1CCOCC1. The van der Waals surface area contributed by atoms with E-state index in [9.17, 15) is 9.90 Å². The first-order chi connectivity index (χ1) is 18.0. The van der Waals surface area contributed by atoms with E-state index in [0.717, 1.165) is 48.0 Å². The fourth-order valence-corrected chi connectivity index (χ4v) is 5.31. The third kappa shape index (κ3) is 6.96. The smallest absolute Gasteiger partial charge is 0.251 e. The lowest BCUT2D eigenvalue weighted by atomic mass is 10.1. The van der Waals surface area contributed by atoms with Gasteiger partial charge in [0.1, 0.15) is 16.6 Å². The zero-order chi connectivity index (χ0) is 26.2. The second-order valence-electron chi connectivity index (χ2n) is 8.75. The van der Waals surface area contributed by atoms with Crippen LogP contribution >= 0.6 is 11.3 Å². The van der Waals surface area contributed by atoms with Gasteiger partial charge in [0.15, 0.2) is 0 Å². The highest BCUT2D eigenvalue weighted by Crippen LogP contribution is 2.36. The molecule has 0 saturated carbocycles. The molecule has 0 aliphatic carbocycles. The first kappa shape index (κ1) is 26.8. The van der Waals surface area contributed by atoms with Crippen LogP contribution in [0.4, 0.5) is 10.8 Å². The molecule has 2 saturated heterocycles. The summed E-state index contributed by atoms with van der Waals surface area (Å²) in [4.78, 5) is 21.9. The van der Waals surface area contributed by atoms with Crippen molar-refractivity contribution in [2.75, 3.05) is 69.4 Å². The quantitative estimate of drug-likeness (QED) is 0.341. The van der Waals surface area contributed by atoms with Gasteiger partial charge in [0.05, 0.1) is 44.6 Å². The predicted molar refractivity (Wildman–Crippen MR) is 147 cm³/mol. The molecule has 4 rings (SSSR count). The number of nitrogens with one attached hydrogen (secondary N) is 1. The van der Waals surface area contributed by atoms with Gasteiger partial charge in [-0.2, -0.15) is 0 Å². The lowest BCUT2D eigenvalue weighted by Crippen LogP contribution is -2.45. The van der Waals surface area contributed by atoms with Crippen molar-refractivity contribution in [3.8, 4) is 10.4 Å². The van der Waals surface area contributed by atoms with Gasteiger partial charge in [-0.15, -0.1) is 11.3 Å². The van der Waals surface area contributed by atoms with Gasteiger partial charge in [0.2, 0.25) is 0 Å². The van der Waals surface area contributed by atoms with Crippen LogP contribution in [0.1, 0.15) is 10.4 Å². The second kappa shape index (κ2) is 12.8. The van der Waals surface area contributed by atoms with E-state index < -0.39 is 5.91 Å². The molecule has 2 fully saturated rings. The molecule has 0 spiro atoms. The molecule has 198 valence electrons. The average molecular weight is 527 g/mol.